The number of sulfonamides is 1. The predicted molar refractivity (Wildman–Crippen MR) is 298 cm³/mol. The Morgan fingerprint density at radius 2 is 1.00 bits per heavy atom. The van der Waals surface area contributed by atoms with Gasteiger partial charge in [0.15, 0.2) is 21.7 Å². The van der Waals surface area contributed by atoms with Crippen LogP contribution in [0.15, 0.2) is 82.6 Å². The van der Waals surface area contributed by atoms with Crippen molar-refractivity contribution in [3.05, 3.63) is 126 Å². The number of nitrogens with zero attached hydrogens (tertiary/aromatic N) is 2. The van der Waals surface area contributed by atoms with E-state index in [1.54, 1.807) is 36.4 Å². The number of carbonyl (C=O) groups excluding carboxylic acids is 2. The van der Waals surface area contributed by atoms with E-state index in [4.69, 9.17) is 74.8 Å². The zero-order chi connectivity index (χ0) is 56.2. The van der Waals surface area contributed by atoms with E-state index < -0.39 is 43.8 Å². The molecule has 4 N–H and O–H groups in total. The van der Waals surface area contributed by atoms with Gasteiger partial charge in [0.1, 0.15) is 6.10 Å². The van der Waals surface area contributed by atoms with E-state index in [1.807, 2.05) is 50.5 Å². The van der Waals surface area contributed by atoms with Crippen LogP contribution in [0, 0.1) is 0 Å². The maximum Gasteiger partial charge on any atom is 0.252 e. The third-order valence-electron chi connectivity index (χ3n) is 13.1. The molecule has 430 valence electrons. The molecule has 1 amide bonds. The Kier molecular flexibility index (Phi) is 26.0. The lowest BCUT2D eigenvalue weighted by Gasteiger charge is -2.33. The summed E-state index contributed by atoms with van der Waals surface area (Å²) in [4.78, 5) is 29.4. The first-order valence-corrected chi connectivity index (χ1v) is 30.4. The summed E-state index contributed by atoms with van der Waals surface area (Å²) in [6, 6.07) is 21.1. The van der Waals surface area contributed by atoms with Gasteiger partial charge in [-0.3, -0.25) is 9.59 Å². The van der Waals surface area contributed by atoms with Gasteiger partial charge >= 0.3 is 0 Å². The van der Waals surface area contributed by atoms with Crippen LogP contribution in [0.4, 0.5) is 0 Å². The highest BCUT2D eigenvalue weighted by atomic mass is 35.5. The third-order valence-corrected chi connectivity index (χ3v) is 17.5. The molecule has 0 saturated heterocycles. The van der Waals surface area contributed by atoms with Crippen LogP contribution in [-0.2, 0) is 71.0 Å². The van der Waals surface area contributed by atoms with E-state index in [0.29, 0.717) is 39.6 Å². The first-order valence-electron chi connectivity index (χ1n) is 25.7. The number of ketones is 1. The molecule has 0 unspecified atom stereocenters. The second-order valence-corrected chi connectivity index (χ2v) is 24.6. The fourth-order valence-corrected chi connectivity index (χ4v) is 12.5. The van der Waals surface area contributed by atoms with Crippen LogP contribution < -0.4 is 10.0 Å². The minimum Gasteiger partial charge on any atom is -0.382 e. The van der Waals surface area contributed by atoms with Crippen molar-refractivity contribution in [2.24, 2.45) is 0 Å². The molecule has 2 aliphatic rings. The lowest BCUT2D eigenvalue weighted by molar-refractivity contribution is -0.145. The number of hydrogen-bond acceptors (Lipinski definition) is 16. The molecule has 0 aromatic heterocycles. The Hall–Kier alpha value is -3.36. The van der Waals surface area contributed by atoms with Gasteiger partial charge < -0.3 is 53.8 Å². The lowest BCUT2D eigenvalue weighted by atomic mass is 9.85. The average molecular weight is 1210 g/mol. The molecule has 0 aliphatic carbocycles. The van der Waals surface area contributed by atoms with Crippen LogP contribution in [0.3, 0.4) is 0 Å². The highest BCUT2D eigenvalue weighted by molar-refractivity contribution is 7.91. The number of carbonyl (C=O) groups is 2. The number of rotatable bonds is 34. The topological polar surface area (TPSA) is 229 Å². The molecule has 0 bridgehead atoms. The van der Waals surface area contributed by atoms with Crippen molar-refractivity contribution in [3.8, 4) is 0 Å². The molecule has 2 heterocycles. The molecule has 0 spiro atoms. The standard InChI is InChI=1S/C54H70Cl4N4O14S2/c1-61-33-45(43-29-39(55)31-49(57)47(43)35-61)37-6-10-41(11-7-37)77(67,68)28-4-17-72-21-25-75-24-20-71-16-3-5-51(63)52(64)53(65)54(66)59-14-18-73-22-26-76-27-23-74-19-15-60-78(69,70)42-12-8-38(9-13-42)46-34-62(2)36-48-44(46)30-40(56)32-50(48)58/h6-13,29-32,45-46,52-53,60,64-65H,3-5,14-28,33-36H2,1-2H3,(H,59,66)/t45-,46-,52+,53-/m0/s1. The molecule has 4 atom stereocenters. The van der Waals surface area contributed by atoms with E-state index in [1.165, 1.54) is 0 Å². The van der Waals surface area contributed by atoms with Gasteiger partial charge in [-0.05, 0) is 109 Å². The van der Waals surface area contributed by atoms with Gasteiger partial charge in [0.05, 0.1) is 81.6 Å². The summed E-state index contributed by atoms with van der Waals surface area (Å²) in [5.41, 5.74) is 6.07. The number of aliphatic hydroxyl groups is 2. The van der Waals surface area contributed by atoms with Crippen molar-refractivity contribution in [2.45, 2.75) is 66.2 Å². The fraction of sp³-hybridized carbons (Fsp3) is 0.519. The average Bonchev–Trinajstić information content (AvgIpc) is 3.47. The normalized spacial score (nSPS) is 16.9. The molecule has 2 aliphatic heterocycles. The minimum atomic E-state index is -3.77. The van der Waals surface area contributed by atoms with E-state index in [9.17, 15) is 36.6 Å². The number of benzene rings is 4. The number of amides is 1. The summed E-state index contributed by atoms with van der Waals surface area (Å²) in [6.07, 6.45) is -3.41. The number of hydrogen-bond donors (Lipinski definition) is 4. The predicted octanol–water partition coefficient (Wildman–Crippen LogP) is 5.88. The minimum absolute atomic E-state index is 0.00700. The molecule has 24 heteroatoms. The van der Waals surface area contributed by atoms with Crippen molar-refractivity contribution in [3.63, 3.8) is 0 Å². The van der Waals surface area contributed by atoms with E-state index in [0.717, 1.165) is 46.5 Å². The van der Waals surface area contributed by atoms with Crippen LogP contribution in [0.25, 0.3) is 0 Å². The molecular weight excluding hydrogens is 1130 g/mol. The van der Waals surface area contributed by atoms with Crippen LogP contribution in [0.2, 0.25) is 20.1 Å². The highest BCUT2D eigenvalue weighted by Gasteiger charge is 2.31. The lowest BCUT2D eigenvalue weighted by Crippen LogP contribution is -2.46. The van der Waals surface area contributed by atoms with Crippen molar-refractivity contribution in [2.75, 3.05) is 125 Å². The number of aliphatic hydroxyl groups excluding tert-OH is 2. The largest absolute Gasteiger partial charge is 0.382 e. The number of likely N-dealkylation sites (N-methyl/N-ethyl adjacent to an activating group) is 2. The van der Waals surface area contributed by atoms with Gasteiger partial charge in [-0.15, -0.1) is 0 Å². The number of halogens is 4. The molecule has 4 aromatic carbocycles. The van der Waals surface area contributed by atoms with Crippen LogP contribution in [0.1, 0.15) is 64.5 Å². The van der Waals surface area contributed by atoms with Crippen molar-refractivity contribution < 1.29 is 65.1 Å². The number of Topliss-reactive ketones (excluding diaryl/α,β-unsaturated/α-hetero) is 1. The van der Waals surface area contributed by atoms with Gasteiger partial charge in [-0.25, -0.2) is 21.6 Å². The summed E-state index contributed by atoms with van der Waals surface area (Å²) in [5, 5.41) is 25.2. The quantitative estimate of drug-likeness (QED) is 0.0400. The smallest absolute Gasteiger partial charge is 0.252 e. The summed E-state index contributed by atoms with van der Waals surface area (Å²) in [5.74, 6) is -1.70. The zero-order valence-electron chi connectivity index (χ0n) is 43.8. The van der Waals surface area contributed by atoms with Crippen LogP contribution in [0.5, 0.6) is 0 Å². The Morgan fingerprint density at radius 1 is 0.577 bits per heavy atom. The SMILES string of the molecule is CN1Cc2c(Cl)cc(Cl)cc2[C@H](c2ccc(S(=O)(=O)CCCOCCOCCOCCCC(=O)[C@@H](O)[C@H](O)C(=O)NCCOCCOCCOCCNS(=O)(=O)c3ccc([C@@H]4CN(C)Cc5c(Cl)cc(Cl)cc54)cc3)cc2)C1. The Bertz CT molecular complexity index is 2610. The van der Waals surface area contributed by atoms with Gasteiger partial charge in [0.25, 0.3) is 5.91 Å². The number of ether oxygens (including phenoxy) is 6. The van der Waals surface area contributed by atoms with Crippen LogP contribution in [-0.4, -0.2) is 186 Å². The number of fused-ring (bicyclic) bond motifs is 2. The summed E-state index contributed by atoms with van der Waals surface area (Å²) in [7, 11) is -3.25. The fourth-order valence-electron chi connectivity index (χ4n) is 9.10. The van der Waals surface area contributed by atoms with Crippen molar-refractivity contribution >= 4 is 78.0 Å². The summed E-state index contributed by atoms with van der Waals surface area (Å²) in [6.45, 7) is 5.56. The second kappa shape index (κ2) is 31.7. The number of sulfone groups is 1. The molecule has 18 nitrogen and oxygen atoms in total. The first kappa shape index (κ1) is 63.8. The highest BCUT2D eigenvalue weighted by Crippen LogP contribution is 2.40. The maximum absolute atomic E-state index is 13.0. The molecule has 0 radical (unpaired) electrons. The molecule has 78 heavy (non-hydrogen) atoms. The van der Waals surface area contributed by atoms with Gasteiger partial charge in [-0.2, -0.15) is 0 Å². The van der Waals surface area contributed by atoms with E-state index in [-0.39, 0.29) is 133 Å². The molecule has 4 aromatic rings. The second-order valence-electron chi connectivity index (χ2n) is 19.0. The molecular formula is C54H70Cl4N4O14S2. The number of nitrogens with one attached hydrogen (secondary N) is 2. The van der Waals surface area contributed by atoms with E-state index in [2.05, 4.69) is 19.8 Å². The third kappa shape index (κ3) is 19.4. The molecule has 0 fully saturated rings. The summed E-state index contributed by atoms with van der Waals surface area (Å²) >= 11 is 25.6. The Morgan fingerprint density at radius 3 is 1.49 bits per heavy atom. The van der Waals surface area contributed by atoms with Gasteiger partial charge in [-0.1, -0.05) is 70.7 Å². The van der Waals surface area contributed by atoms with E-state index >= 15 is 0 Å². The monoisotopic (exact) mass is 1200 g/mol. The molecule has 6 rings (SSSR count). The maximum atomic E-state index is 13.0. The zero-order valence-corrected chi connectivity index (χ0v) is 48.5. The molecule has 0 saturated carbocycles. The van der Waals surface area contributed by atoms with Crippen molar-refractivity contribution in [1.29, 1.82) is 0 Å². The Balaban J connectivity index is 0.705. The first-order chi connectivity index (χ1) is 37.3. The van der Waals surface area contributed by atoms with Gasteiger partial charge in [0.2, 0.25) is 10.0 Å². The van der Waals surface area contributed by atoms with Gasteiger partial charge in [0, 0.05) is 90.8 Å². The Labute approximate surface area is 477 Å². The van der Waals surface area contributed by atoms with Crippen molar-refractivity contribution in [1.82, 2.24) is 19.8 Å². The van der Waals surface area contributed by atoms with Crippen LogP contribution >= 0.6 is 46.4 Å². The summed E-state index contributed by atoms with van der Waals surface area (Å²) < 4.78 is 87.3.